The minimum Gasteiger partial charge on any atom is -0.381 e. The van der Waals surface area contributed by atoms with Gasteiger partial charge in [-0.3, -0.25) is 0 Å². The molecule has 1 aromatic rings. The molecule has 3 heteroatoms. The van der Waals surface area contributed by atoms with Crippen LogP contribution in [0, 0.1) is 6.92 Å². The summed E-state index contributed by atoms with van der Waals surface area (Å²) >= 11 is 0. The number of rotatable bonds is 7. The van der Waals surface area contributed by atoms with Gasteiger partial charge in [-0.2, -0.15) is 0 Å². The quantitative estimate of drug-likeness (QED) is 0.626. The van der Waals surface area contributed by atoms with Gasteiger partial charge in [0.15, 0.2) is 0 Å². The average molecular weight is 196 g/mol. The molecule has 1 rings (SSSR count). The van der Waals surface area contributed by atoms with Crippen molar-refractivity contribution in [1.29, 1.82) is 0 Å². The van der Waals surface area contributed by atoms with Crippen LogP contribution in [0.2, 0.25) is 0 Å². The first-order chi connectivity index (χ1) is 6.84. The Bertz CT molecular complexity index is 245. The monoisotopic (exact) mass is 196 g/mol. The minimum absolute atomic E-state index is 0.859. The van der Waals surface area contributed by atoms with Crippen molar-refractivity contribution in [1.82, 2.24) is 9.55 Å². The van der Waals surface area contributed by atoms with Crippen LogP contribution >= 0.6 is 0 Å². The van der Waals surface area contributed by atoms with Gasteiger partial charge in [0, 0.05) is 31.6 Å². The van der Waals surface area contributed by atoms with E-state index in [9.17, 15) is 0 Å². The molecule has 80 valence electrons. The van der Waals surface area contributed by atoms with Crippen LogP contribution in [0.15, 0.2) is 12.5 Å². The lowest BCUT2D eigenvalue weighted by Gasteiger charge is -2.05. The van der Waals surface area contributed by atoms with Crippen LogP contribution in [0.1, 0.15) is 31.9 Å². The zero-order chi connectivity index (χ0) is 10.2. The molecule has 1 heterocycles. The number of imidazole rings is 1. The van der Waals surface area contributed by atoms with E-state index in [1.165, 1.54) is 18.5 Å². The maximum Gasteiger partial charge on any atom is 0.0948 e. The summed E-state index contributed by atoms with van der Waals surface area (Å²) in [6.45, 7) is 7.03. The lowest BCUT2D eigenvalue weighted by molar-refractivity contribution is 0.126. The van der Waals surface area contributed by atoms with Crippen LogP contribution in [-0.4, -0.2) is 22.8 Å². The van der Waals surface area contributed by atoms with Crippen LogP contribution in [0.4, 0.5) is 0 Å². The number of hydrogen-bond acceptors (Lipinski definition) is 2. The Morgan fingerprint density at radius 1 is 1.36 bits per heavy atom. The molecular formula is C11H20N2O. The Kier molecular flexibility index (Phi) is 5.30. The molecule has 0 aliphatic rings. The molecular weight excluding hydrogens is 176 g/mol. The Morgan fingerprint density at radius 3 is 2.79 bits per heavy atom. The summed E-state index contributed by atoms with van der Waals surface area (Å²) in [5, 5.41) is 0. The first kappa shape index (κ1) is 11.2. The van der Waals surface area contributed by atoms with Gasteiger partial charge in [0.1, 0.15) is 0 Å². The van der Waals surface area contributed by atoms with Gasteiger partial charge in [-0.05, 0) is 19.8 Å². The third kappa shape index (κ3) is 3.92. The van der Waals surface area contributed by atoms with Crippen LogP contribution in [-0.2, 0) is 11.3 Å². The van der Waals surface area contributed by atoms with Gasteiger partial charge in [-0.15, -0.1) is 0 Å². The van der Waals surface area contributed by atoms with Gasteiger partial charge in [-0.25, -0.2) is 4.98 Å². The first-order valence-electron chi connectivity index (χ1n) is 5.39. The molecule has 0 aromatic carbocycles. The van der Waals surface area contributed by atoms with Gasteiger partial charge in [0.05, 0.1) is 6.33 Å². The zero-order valence-corrected chi connectivity index (χ0v) is 9.20. The molecule has 1 aromatic heterocycles. The lowest BCUT2D eigenvalue weighted by Crippen LogP contribution is -2.03. The van der Waals surface area contributed by atoms with Crippen LogP contribution in [0.25, 0.3) is 0 Å². The normalized spacial score (nSPS) is 10.7. The van der Waals surface area contributed by atoms with Crippen molar-refractivity contribution in [2.45, 2.75) is 39.7 Å². The zero-order valence-electron chi connectivity index (χ0n) is 9.20. The van der Waals surface area contributed by atoms with Gasteiger partial charge in [0.25, 0.3) is 0 Å². The molecule has 0 radical (unpaired) electrons. The summed E-state index contributed by atoms with van der Waals surface area (Å²) < 4.78 is 7.63. The second-order valence-electron chi connectivity index (χ2n) is 3.55. The number of unbranched alkanes of at least 4 members (excludes halogenated alkanes) is 1. The molecule has 0 N–H and O–H groups in total. The van der Waals surface area contributed by atoms with E-state index in [0.717, 1.165) is 26.2 Å². The number of nitrogens with zero attached hydrogens (tertiary/aromatic N) is 2. The minimum atomic E-state index is 0.859. The summed E-state index contributed by atoms with van der Waals surface area (Å²) in [6.07, 6.45) is 7.21. The largest absolute Gasteiger partial charge is 0.381 e. The molecule has 0 bridgehead atoms. The highest BCUT2D eigenvalue weighted by atomic mass is 16.5. The Labute approximate surface area is 86.1 Å². The maximum atomic E-state index is 5.48. The molecule has 0 saturated carbocycles. The predicted molar refractivity (Wildman–Crippen MR) is 57.3 cm³/mol. The number of aryl methyl sites for hydroxylation is 2. The van der Waals surface area contributed by atoms with Crippen molar-refractivity contribution in [2.24, 2.45) is 0 Å². The van der Waals surface area contributed by atoms with Gasteiger partial charge in [0.2, 0.25) is 0 Å². The second-order valence-corrected chi connectivity index (χ2v) is 3.55. The Balaban J connectivity index is 2.02. The summed E-state index contributed by atoms with van der Waals surface area (Å²) in [7, 11) is 0. The Morgan fingerprint density at radius 2 is 2.14 bits per heavy atom. The molecule has 0 spiro atoms. The van der Waals surface area contributed by atoms with Crippen LogP contribution in [0.5, 0.6) is 0 Å². The molecule has 14 heavy (non-hydrogen) atoms. The molecule has 3 nitrogen and oxygen atoms in total. The fraction of sp³-hybridized carbons (Fsp3) is 0.727. The van der Waals surface area contributed by atoms with Gasteiger partial charge in [-0.1, -0.05) is 13.3 Å². The summed E-state index contributed by atoms with van der Waals surface area (Å²) in [4.78, 5) is 4.07. The smallest absolute Gasteiger partial charge is 0.0948 e. The fourth-order valence-corrected chi connectivity index (χ4v) is 1.31. The molecule has 0 amide bonds. The van der Waals surface area contributed by atoms with Crippen molar-refractivity contribution in [3.63, 3.8) is 0 Å². The standard InChI is InChI=1S/C11H20N2O/c1-3-4-7-14-8-5-6-13-10-12-9-11(13)2/h9-10H,3-8H2,1-2H3. The number of hydrogen-bond donors (Lipinski definition) is 0. The van der Waals surface area contributed by atoms with Gasteiger partial charge >= 0.3 is 0 Å². The molecule has 0 saturated heterocycles. The molecule has 0 atom stereocenters. The fourth-order valence-electron chi connectivity index (χ4n) is 1.31. The highest BCUT2D eigenvalue weighted by Gasteiger charge is 1.95. The number of aromatic nitrogens is 2. The highest BCUT2D eigenvalue weighted by Crippen LogP contribution is 1.98. The third-order valence-electron chi connectivity index (χ3n) is 2.25. The van der Waals surface area contributed by atoms with Crippen molar-refractivity contribution >= 4 is 0 Å². The van der Waals surface area contributed by atoms with E-state index in [1.54, 1.807) is 0 Å². The topological polar surface area (TPSA) is 27.1 Å². The van der Waals surface area contributed by atoms with Crippen LogP contribution in [0.3, 0.4) is 0 Å². The highest BCUT2D eigenvalue weighted by molar-refractivity contribution is 4.93. The number of ether oxygens (including phenoxy) is 1. The van der Waals surface area contributed by atoms with Crippen molar-refractivity contribution in [2.75, 3.05) is 13.2 Å². The van der Waals surface area contributed by atoms with E-state index in [2.05, 4.69) is 23.4 Å². The van der Waals surface area contributed by atoms with Crippen molar-refractivity contribution < 1.29 is 4.74 Å². The van der Waals surface area contributed by atoms with E-state index in [1.807, 2.05) is 12.5 Å². The van der Waals surface area contributed by atoms with E-state index in [4.69, 9.17) is 4.74 Å². The summed E-state index contributed by atoms with van der Waals surface area (Å²) in [6, 6.07) is 0. The van der Waals surface area contributed by atoms with Crippen molar-refractivity contribution in [3.8, 4) is 0 Å². The predicted octanol–water partition coefficient (Wildman–Crippen LogP) is 2.40. The first-order valence-corrected chi connectivity index (χ1v) is 5.39. The van der Waals surface area contributed by atoms with E-state index in [0.29, 0.717) is 0 Å². The Hall–Kier alpha value is -0.830. The van der Waals surface area contributed by atoms with E-state index in [-0.39, 0.29) is 0 Å². The molecule has 0 aliphatic carbocycles. The van der Waals surface area contributed by atoms with E-state index >= 15 is 0 Å². The SMILES string of the molecule is CCCCOCCCn1cncc1C. The third-order valence-corrected chi connectivity index (χ3v) is 2.25. The lowest BCUT2D eigenvalue weighted by atomic mass is 10.3. The second kappa shape index (κ2) is 6.60. The maximum absolute atomic E-state index is 5.48. The average Bonchev–Trinajstić information content (AvgIpc) is 2.58. The van der Waals surface area contributed by atoms with E-state index < -0.39 is 0 Å². The summed E-state index contributed by atoms with van der Waals surface area (Å²) in [5.74, 6) is 0. The molecule has 0 aliphatic heterocycles. The molecule has 0 unspecified atom stereocenters. The summed E-state index contributed by atoms with van der Waals surface area (Å²) in [5.41, 5.74) is 1.22. The van der Waals surface area contributed by atoms with Crippen LogP contribution < -0.4 is 0 Å². The van der Waals surface area contributed by atoms with Crippen molar-refractivity contribution in [3.05, 3.63) is 18.2 Å². The molecule has 0 fully saturated rings. The van der Waals surface area contributed by atoms with Gasteiger partial charge < -0.3 is 9.30 Å².